The highest BCUT2D eigenvalue weighted by Crippen LogP contribution is 2.42. The number of aryl methyl sites for hydroxylation is 1. The molecule has 1 aliphatic heterocycles. The van der Waals surface area contributed by atoms with E-state index in [1.54, 1.807) is 12.3 Å². The molecular formula is C24H27N5O4S. The van der Waals surface area contributed by atoms with E-state index in [1.807, 2.05) is 36.6 Å². The molecule has 1 saturated heterocycles. The van der Waals surface area contributed by atoms with Crippen LogP contribution in [0.1, 0.15) is 41.1 Å². The summed E-state index contributed by atoms with van der Waals surface area (Å²) >= 11 is 5.68. The van der Waals surface area contributed by atoms with Crippen LogP contribution < -0.4 is 10.1 Å². The Kier molecular flexibility index (Phi) is 6.80. The Morgan fingerprint density at radius 1 is 1.26 bits per heavy atom. The maximum Gasteiger partial charge on any atom is 0.273 e. The molecule has 3 heterocycles. The number of hydrogen-bond donors (Lipinski definition) is 2. The van der Waals surface area contributed by atoms with E-state index in [9.17, 15) is 15.2 Å². The second-order valence-electron chi connectivity index (χ2n) is 8.17. The molecule has 2 N–H and O–H groups in total. The van der Waals surface area contributed by atoms with Crippen LogP contribution in [0.3, 0.4) is 0 Å². The molecule has 9 nitrogen and oxygen atoms in total. The largest absolute Gasteiger partial charge is 0.494 e. The maximum atomic E-state index is 11.2. The quantitative estimate of drug-likeness (QED) is 0.285. The van der Waals surface area contributed by atoms with Crippen molar-refractivity contribution in [3.8, 4) is 11.4 Å². The molecule has 0 saturated carbocycles. The van der Waals surface area contributed by atoms with Crippen LogP contribution in [0, 0.1) is 24.0 Å². The number of hydrogen-bond acceptors (Lipinski definition) is 6. The topological polar surface area (TPSA) is 106 Å². The maximum absolute atomic E-state index is 11.2. The van der Waals surface area contributed by atoms with Crippen molar-refractivity contribution >= 4 is 23.0 Å². The van der Waals surface area contributed by atoms with Gasteiger partial charge in [-0.3, -0.25) is 15.1 Å². The minimum atomic E-state index is -0.436. The van der Waals surface area contributed by atoms with Crippen LogP contribution in [-0.2, 0) is 0 Å². The molecule has 1 fully saturated rings. The number of aromatic nitrogens is 2. The SMILES string of the molecule is COc1cc([N+](=O)[O-])ccc1-n1c(C)cc([C@H]2[C@@H](c3ccccn3)NC(=S)N2CCCO)c1C. The average Bonchev–Trinajstić information content (AvgIpc) is 3.32. The fraction of sp³-hybridized carbons (Fsp3) is 0.333. The summed E-state index contributed by atoms with van der Waals surface area (Å²) in [6.07, 6.45) is 2.35. The third-order valence-electron chi connectivity index (χ3n) is 6.16. The average molecular weight is 482 g/mol. The smallest absolute Gasteiger partial charge is 0.273 e. The summed E-state index contributed by atoms with van der Waals surface area (Å²) in [5.41, 5.74) is 4.55. The van der Waals surface area contributed by atoms with Crippen molar-refractivity contribution in [3.63, 3.8) is 0 Å². The summed E-state index contributed by atoms with van der Waals surface area (Å²) in [5, 5.41) is 24.7. The highest BCUT2D eigenvalue weighted by molar-refractivity contribution is 7.80. The van der Waals surface area contributed by atoms with E-state index in [-0.39, 0.29) is 24.4 Å². The van der Waals surface area contributed by atoms with Gasteiger partial charge in [0.25, 0.3) is 5.69 Å². The van der Waals surface area contributed by atoms with Gasteiger partial charge in [0.1, 0.15) is 5.75 Å². The first-order valence-electron chi connectivity index (χ1n) is 11.0. The number of nitrogens with zero attached hydrogens (tertiary/aromatic N) is 4. The van der Waals surface area contributed by atoms with Gasteiger partial charge in [-0.1, -0.05) is 6.07 Å². The zero-order valence-corrected chi connectivity index (χ0v) is 20.1. The van der Waals surface area contributed by atoms with Crippen molar-refractivity contribution in [2.24, 2.45) is 0 Å². The van der Waals surface area contributed by atoms with Gasteiger partial charge in [-0.25, -0.2) is 0 Å². The molecule has 0 unspecified atom stereocenters. The van der Waals surface area contributed by atoms with Crippen molar-refractivity contribution in [1.29, 1.82) is 0 Å². The van der Waals surface area contributed by atoms with E-state index < -0.39 is 4.92 Å². The summed E-state index contributed by atoms with van der Waals surface area (Å²) in [6, 6.07) is 12.2. The van der Waals surface area contributed by atoms with Gasteiger partial charge < -0.3 is 24.6 Å². The Morgan fingerprint density at radius 2 is 2.06 bits per heavy atom. The molecule has 4 rings (SSSR count). The van der Waals surface area contributed by atoms with Gasteiger partial charge in [-0.05, 0) is 62.3 Å². The van der Waals surface area contributed by atoms with Crippen molar-refractivity contribution in [2.75, 3.05) is 20.3 Å². The third kappa shape index (κ3) is 4.22. The molecular weight excluding hydrogens is 454 g/mol. The van der Waals surface area contributed by atoms with Gasteiger partial charge in [0, 0.05) is 36.8 Å². The number of pyridine rings is 1. The normalized spacial score (nSPS) is 17.6. The molecule has 2 atom stereocenters. The zero-order chi connectivity index (χ0) is 24.4. The molecule has 0 amide bonds. The van der Waals surface area contributed by atoms with Crippen LogP contribution in [0.4, 0.5) is 5.69 Å². The lowest BCUT2D eigenvalue weighted by atomic mass is 9.96. The zero-order valence-electron chi connectivity index (χ0n) is 19.3. The third-order valence-corrected chi connectivity index (χ3v) is 6.51. The van der Waals surface area contributed by atoms with E-state index in [0.717, 1.165) is 28.3 Å². The molecule has 1 aromatic carbocycles. The van der Waals surface area contributed by atoms with Gasteiger partial charge in [0.15, 0.2) is 5.11 Å². The Hall–Kier alpha value is -3.50. The number of benzene rings is 1. The number of nitro groups is 1. The summed E-state index contributed by atoms with van der Waals surface area (Å²) in [6.45, 7) is 4.68. The van der Waals surface area contributed by atoms with E-state index >= 15 is 0 Å². The number of nitro benzene ring substituents is 1. The van der Waals surface area contributed by atoms with Crippen molar-refractivity contribution in [1.82, 2.24) is 19.8 Å². The standard InChI is InChI=1S/C24H27N5O4S/c1-15-13-18(16(2)28(15)20-9-8-17(29(31)32)14-21(20)33-3)23-22(19-7-4-5-10-25-19)26-24(34)27(23)11-6-12-30/h4-5,7-10,13-14,22-23,30H,6,11-12H2,1-3H3,(H,26,34)/t22-,23+/m1/s1. The van der Waals surface area contributed by atoms with Gasteiger partial charge in [0.2, 0.25) is 0 Å². The van der Waals surface area contributed by atoms with Crippen LogP contribution in [0.15, 0.2) is 48.7 Å². The molecule has 0 bridgehead atoms. The van der Waals surface area contributed by atoms with Crippen LogP contribution in [0.2, 0.25) is 0 Å². The van der Waals surface area contributed by atoms with Crippen molar-refractivity contribution in [3.05, 3.63) is 81.4 Å². The number of aliphatic hydroxyl groups excluding tert-OH is 1. The minimum Gasteiger partial charge on any atom is -0.494 e. The molecule has 0 radical (unpaired) electrons. The Bertz CT molecular complexity index is 1210. The summed E-state index contributed by atoms with van der Waals surface area (Å²) in [4.78, 5) is 17.5. The molecule has 10 heteroatoms. The number of methoxy groups -OCH3 is 1. The first-order chi connectivity index (χ1) is 16.4. The highest BCUT2D eigenvalue weighted by Gasteiger charge is 2.41. The Balaban J connectivity index is 1.84. The summed E-state index contributed by atoms with van der Waals surface area (Å²) in [5.74, 6) is 0.418. The van der Waals surface area contributed by atoms with E-state index in [0.29, 0.717) is 23.8 Å². The Morgan fingerprint density at radius 3 is 2.71 bits per heavy atom. The second kappa shape index (κ2) is 9.78. The lowest BCUT2D eigenvalue weighted by Crippen LogP contribution is -2.31. The van der Waals surface area contributed by atoms with Gasteiger partial charge in [-0.15, -0.1) is 0 Å². The number of aliphatic hydroxyl groups is 1. The molecule has 1 aliphatic rings. The first-order valence-corrected chi connectivity index (χ1v) is 11.4. The van der Waals surface area contributed by atoms with E-state index in [2.05, 4.69) is 21.3 Å². The number of non-ortho nitro benzene ring substituents is 1. The lowest BCUT2D eigenvalue weighted by Gasteiger charge is -2.28. The van der Waals surface area contributed by atoms with Crippen molar-refractivity contribution in [2.45, 2.75) is 32.4 Å². The minimum absolute atomic E-state index is 0.0287. The summed E-state index contributed by atoms with van der Waals surface area (Å²) in [7, 11) is 1.50. The van der Waals surface area contributed by atoms with Gasteiger partial charge in [0.05, 0.1) is 41.6 Å². The first kappa shape index (κ1) is 23.7. The predicted molar refractivity (Wildman–Crippen MR) is 132 cm³/mol. The van der Waals surface area contributed by atoms with Crippen LogP contribution in [-0.4, -0.2) is 49.9 Å². The fourth-order valence-electron chi connectivity index (χ4n) is 4.65. The molecule has 34 heavy (non-hydrogen) atoms. The van der Waals surface area contributed by atoms with Crippen LogP contribution in [0.25, 0.3) is 5.69 Å². The molecule has 3 aromatic rings. The van der Waals surface area contributed by atoms with Crippen LogP contribution >= 0.6 is 12.2 Å². The highest BCUT2D eigenvalue weighted by atomic mass is 32.1. The molecule has 0 spiro atoms. The van der Waals surface area contributed by atoms with Crippen molar-refractivity contribution < 1.29 is 14.8 Å². The monoisotopic (exact) mass is 481 g/mol. The predicted octanol–water partition coefficient (Wildman–Crippen LogP) is 3.76. The second-order valence-corrected chi connectivity index (χ2v) is 8.56. The Labute approximate surface area is 203 Å². The molecule has 178 valence electrons. The van der Waals surface area contributed by atoms with Gasteiger partial charge >= 0.3 is 0 Å². The number of ether oxygens (including phenoxy) is 1. The molecule has 2 aromatic heterocycles. The molecule has 0 aliphatic carbocycles. The van der Waals surface area contributed by atoms with Crippen LogP contribution in [0.5, 0.6) is 5.75 Å². The summed E-state index contributed by atoms with van der Waals surface area (Å²) < 4.78 is 7.55. The van der Waals surface area contributed by atoms with E-state index in [1.165, 1.54) is 19.2 Å². The number of thiocarbonyl (C=S) groups is 1. The number of nitrogens with one attached hydrogen (secondary N) is 1. The fourth-order valence-corrected chi connectivity index (χ4v) is 4.98. The number of rotatable bonds is 8. The van der Waals surface area contributed by atoms with Gasteiger partial charge in [-0.2, -0.15) is 0 Å². The lowest BCUT2D eigenvalue weighted by molar-refractivity contribution is -0.384. The van der Waals surface area contributed by atoms with E-state index in [4.69, 9.17) is 17.0 Å².